The number of H-pyrrole nitrogens is 1. The molecule has 0 unspecified atom stereocenters. The highest BCUT2D eigenvalue weighted by Gasteiger charge is 2.15. The molecule has 1 fully saturated rings. The van der Waals surface area contributed by atoms with Crippen LogP contribution in [0.5, 0.6) is 0 Å². The van der Waals surface area contributed by atoms with Crippen molar-refractivity contribution in [2.75, 3.05) is 18.1 Å². The van der Waals surface area contributed by atoms with E-state index in [1.165, 1.54) is 24.3 Å². The summed E-state index contributed by atoms with van der Waals surface area (Å²) in [5.74, 6) is 3.28. The number of carbonyl (C=O) groups is 1. The Morgan fingerprint density at radius 1 is 1.30 bits per heavy atom. The van der Waals surface area contributed by atoms with Crippen LogP contribution in [0.15, 0.2) is 30.5 Å². The van der Waals surface area contributed by atoms with Gasteiger partial charge in [0.25, 0.3) is 0 Å². The molecule has 20 heavy (non-hydrogen) atoms. The van der Waals surface area contributed by atoms with E-state index in [4.69, 9.17) is 0 Å². The first-order valence-electron chi connectivity index (χ1n) is 7.22. The van der Waals surface area contributed by atoms with Crippen LogP contribution < -0.4 is 5.32 Å². The predicted molar refractivity (Wildman–Crippen MR) is 85.1 cm³/mol. The first-order chi connectivity index (χ1) is 9.83. The molecule has 2 heterocycles. The average Bonchev–Trinajstić information content (AvgIpc) is 2.90. The lowest BCUT2D eigenvalue weighted by atomic mass is 10.0. The third kappa shape index (κ3) is 3.18. The van der Waals surface area contributed by atoms with Crippen molar-refractivity contribution in [3.63, 3.8) is 0 Å². The van der Waals surface area contributed by atoms with Crippen LogP contribution in [0.2, 0.25) is 0 Å². The summed E-state index contributed by atoms with van der Waals surface area (Å²) in [5, 5.41) is 4.24. The molecule has 0 atom stereocenters. The third-order valence-electron chi connectivity index (χ3n) is 3.95. The Balaban J connectivity index is 1.55. The van der Waals surface area contributed by atoms with Crippen molar-refractivity contribution in [3.05, 3.63) is 36.0 Å². The number of fused-ring (bicyclic) bond motifs is 1. The third-order valence-corrected chi connectivity index (χ3v) is 5.00. The minimum atomic E-state index is 0.132. The second-order valence-corrected chi connectivity index (χ2v) is 6.62. The van der Waals surface area contributed by atoms with Gasteiger partial charge in [-0.1, -0.05) is 18.2 Å². The van der Waals surface area contributed by atoms with Crippen LogP contribution in [0.3, 0.4) is 0 Å². The first kappa shape index (κ1) is 13.6. The second-order valence-electron chi connectivity index (χ2n) is 5.40. The molecule has 1 amide bonds. The van der Waals surface area contributed by atoms with Gasteiger partial charge in [0.2, 0.25) is 5.91 Å². The second kappa shape index (κ2) is 6.35. The van der Waals surface area contributed by atoms with Gasteiger partial charge in [0, 0.05) is 23.6 Å². The Labute approximate surface area is 123 Å². The number of thioether (sulfide) groups is 1. The van der Waals surface area contributed by atoms with E-state index in [1.54, 1.807) is 0 Å². The van der Waals surface area contributed by atoms with Crippen molar-refractivity contribution in [1.82, 2.24) is 10.3 Å². The molecule has 1 aliphatic rings. The molecular formula is C16H20N2OS. The zero-order valence-electron chi connectivity index (χ0n) is 11.5. The van der Waals surface area contributed by atoms with E-state index in [0.717, 1.165) is 23.0 Å². The number of carbonyl (C=O) groups excluding carboxylic acids is 1. The maximum Gasteiger partial charge on any atom is 0.224 e. The van der Waals surface area contributed by atoms with Crippen molar-refractivity contribution in [2.24, 2.45) is 5.92 Å². The fraction of sp³-hybridized carbons (Fsp3) is 0.438. The number of aromatic amines is 1. The van der Waals surface area contributed by atoms with Crippen molar-refractivity contribution in [3.8, 4) is 0 Å². The van der Waals surface area contributed by atoms with Gasteiger partial charge in [0.1, 0.15) is 0 Å². The highest BCUT2D eigenvalue weighted by molar-refractivity contribution is 7.99. The van der Waals surface area contributed by atoms with Gasteiger partial charge in [-0.2, -0.15) is 11.8 Å². The minimum absolute atomic E-state index is 0.132. The van der Waals surface area contributed by atoms with E-state index >= 15 is 0 Å². The number of amides is 1. The van der Waals surface area contributed by atoms with Crippen molar-refractivity contribution >= 4 is 28.6 Å². The van der Waals surface area contributed by atoms with E-state index in [0.29, 0.717) is 12.3 Å². The topological polar surface area (TPSA) is 44.9 Å². The van der Waals surface area contributed by atoms with Gasteiger partial charge in [0.05, 0.1) is 6.42 Å². The number of nitrogens with one attached hydrogen (secondary N) is 2. The molecule has 1 saturated heterocycles. The monoisotopic (exact) mass is 288 g/mol. The molecule has 4 heteroatoms. The molecule has 0 bridgehead atoms. The van der Waals surface area contributed by atoms with E-state index in [-0.39, 0.29) is 5.91 Å². The Hall–Kier alpha value is -1.42. The number of para-hydroxylation sites is 1. The summed E-state index contributed by atoms with van der Waals surface area (Å²) < 4.78 is 0. The zero-order chi connectivity index (χ0) is 13.8. The van der Waals surface area contributed by atoms with Gasteiger partial charge >= 0.3 is 0 Å². The maximum atomic E-state index is 12.1. The molecule has 3 nitrogen and oxygen atoms in total. The molecule has 1 aromatic carbocycles. The molecule has 1 aromatic heterocycles. The van der Waals surface area contributed by atoms with Gasteiger partial charge in [-0.05, 0) is 41.9 Å². The Morgan fingerprint density at radius 2 is 2.10 bits per heavy atom. The van der Waals surface area contributed by atoms with Crippen LogP contribution in [0, 0.1) is 5.92 Å². The highest BCUT2D eigenvalue weighted by Crippen LogP contribution is 2.22. The fourth-order valence-corrected chi connectivity index (χ4v) is 3.93. The number of hydrogen-bond acceptors (Lipinski definition) is 2. The van der Waals surface area contributed by atoms with Crippen LogP contribution in [-0.4, -0.2) is 28.9 Å². The highest BCUT2D eigenvalue weighted by atomic mass is 32.2. The molecule has 0 spiro atoms. The smallest absolute Gasteiger partial charge is 0.224 e. The summed E-state index contributed by atoms with van der Waals surface area (Å²) >= 11 is 2.02. The standard InChI is InChI=1S/C16H20N2OS/c19-16(18-10-12-5-7-20-8-6-12)9-13-11-17-15-4-2-1-3-14(13)15/h1-4,11-12,17H,5-10H2,(H,18,19). The van der Waals surface area contributed by atoms with E-state index < -0.39 is 0 Å². The Bertz CT molecular complexity index is 587. The molecule has 3 rings (SSSR count). The zero-order valence-corrected chi connectivity index (χ0v) is 12.3. The maximum absolute atomic E-state index is 12.1. The Morgan fingerprint density at radius 3 is 2.95 bits per heavy atom. The number of benzene rings is 1. The van der Waals surface area contributed by atoms with Crippen molar-refractivity contribution < 1.29 is 4.79 Å². The summed E-state index contributed by atoms with van der Waals surface area (Å²) in [6.45, 7) is 0.835. The average molecular weight is 288 g/mol. The van der Waals surface area contributed by atoms with Gasteiger partial charge in [-0.3, -0.25) is 4.79 Å². The van der Waals surface area contributed by atoms with Crippen LogP contribution in [0.4, 0.5) is 0 Å². The van der Waals surface area contributed by atoms with Gasteiger partial charge in [-0.25, -0.2) is 0 Å². The number of rotatable bonds is 4. The fourth-order valence-electron chi connectivity index (χ4n) is 2.72. The molecule has 2 aromatic rings. The predicted octanol–water partition coefficient (Wildman–Crippen LogP) is 2.97. The van der Waals surface area contributed by atoms with E-state index in [2.05, 4.69) is 16.4 Å². The minimum Gasteiger partial charge on any atom is -0.361 e. The van der Waals surface area contributed by atoms with Gasteiger partial charge < -0.3 is 10.3 Å². The van der Waals surface area contributed by atoms with E-state index in [1.807, 2.05) is 36.2 Å². The molecule has 1 aliphatic heterocycles. The molecular weight excluding hydrogens is 268 g/mol. The SMILES string of the molecule is O=C(Cc1c[nH]c2ccccc12)NCC1CCSCC1. The number of hydrogen-bond donors (Lipinski definition) is 2. The molecule has 0 saturated carbocycles. The summed E-state index contributed by atoms with van der Waals surface area (Å²) in [7, 11) is 0. The largest absolute Gasteiger partial charge is 0.361 e. The van der Waals surface area contributed by atoms with Crippen LogP contribution in [-0.2, 0) is 11.2 Å². The number of aromatic nitrogens is 1. The molecule has 106 valence electrons. The summed E-state index contributed by atoms with van der Waals surface area (Å²) in [6.07, 6.45) is 4.88. The molecule has 2 N–H and O–H groups in total. The Kier molecular flexibility index (Phi) is 4.31. The van der Waals surface area contributed by atoms with Crippen LogP contribution >= 0.6 is 11.8 Å². The van der Waals surface area contributed by atoms with Crippen LogP contribution in [0.1, 0.15) is 18.4 Å². The normalized spacial score (nSPS) is 16.4. The first-order valence-corrected chi connectivity index (χ1v) is 8.38. The lowest BCUT2D eigenvalue weighted by molar-refractivity contribution is -0.120. The lowest BCUT2D eigenvalue weighted by Gasteiger charge is -2.21. The molecule has 0 radical (unpaired) electrons. The van der Waals surface area contributed by atoms with Crippen LogP contribution in [0.25, 0.3) is 10.9 Å². The molecule has 0 aliphatic carbocycles. The van der Waals surface area contributed by atoms with Gasteiger partial charge in [-0.15, -0.1) is 0 Å². The summed E-state index contributed by atoms with van der Waals surface area (Å²) in [5.41, 5.74) is 2.18. The van der Waals surface area contributed by atoms with Crippen molar-refractivity contribution in [1.29, 1.82) is 0 Å². The van der Waals surface area contributed by atoms with Gasteiger partial charge in [0.15, 0.2) is 0 Å². The summed E-state index contributed by atoms with van der Waals surface area (Å²) in [6, 6.07) is 8.12. The quantitative estimate of drug-likeness (QED) is 0.908. The lowest BCUT2D eigenvalue weighted by Crippen LogP contribution is -2.31. The van der Waals surface area contributed by atoms with Crippen molar-refractivity contribution in [2.45, 2.75) is 19.3 Å². The van der Waals surface area contributed by atoms with E-state index in [9.17, 15) is 4.79 Å². The summed E-state index contributed by atoms with van der Waals surface area (Å²) in [4.78, 5) is 15.3.